The third kappa shape index (κ3) is 4.68. The van der Waals surface area contributed by atoms with Gasteiger partial charge in [-0.2, -0.15) is 0 Å². The highest BCUT2D eigenvalue weighted by Crippen LogP contribution is 2.27. The Balaban J connectivity index is 1.32. The molecule has 2 aromatic carbocycles. The third-order valence-electron chi connectivity index (χ3n) is 6.07. The van der Waals surface area contributed by atoms with Crippen LogP contribution in [0, 0.1) is 0 Å². The smallest absolute Gasteiger partial charge is 0.322 e. The first-order chi connectivity index (χ1) is 15.0. The van der Waals surface area contributed by atoms with E-state index in [1.54, 1.807) is 11.0 Å². The maximum Gasteiger partial charge on any atom is 0.322 e. The number of rotatable bonds is 5. The number of carbonyl (C=O) groups is 3. The first-order valence-electron chi connectivity index (χ1n) is 10.8. The zero-order valence-corrected chi connectivity index (χ0v) is 17.7. The van der Waals surface area contributed by atoms with E-state index in [0.29, 0.717) is 25.2 Å². The number of piperidine rings is 1. The van der Waals surface area contributed by atoms with Crippen LogP contribution in [0.1, 0.15) is 41.3 Å². The van der Waals surface area contributed by atoms with Gasteiger partial charge in [0.1, 0.15) is 0 Å². The van der Waals surface area contributed by atoms with E-state index < -0.39 is 0 Å². The fraction of sp³-hybridized carbons (Fsp3) is 0.320. The summed E-state index contributed by atoms with van der Waals surface area (Å²) in [5.41, 5.74) is 3.67. The van der Waals surface area contributed by atoms with Crippen LogP contribution < -0.4 is 5.32 Å². The number of ketones is 1. The van der Waals surface area contributed by atoms with Gasteiger partial charge in [-0.15, -0.1) is 0 Å². The van der Waals surface area contributed by atoms with Crippen LogP contribution in [0.15, 0.2) is 60.7 Å². The summed E-state index contributed by atoms with van der Waals surface area (Å²) >= 11 is 0. The fourth-order valence-electron chi connectivity index (χ4n) is 4.21. The molecule has 2 aliphatic rings. The van der Waals surface area contributed by atoms with Crippen molar-refractivity contribution in [3.63, 3.8) is 0 Å². The predicted octanol–water partition coefficient (Wildman–Crippen LogP) is 4.03. The maximum absolute atomic E-state index is 12.6. The van der Waals surface area contributed by atoms with E-state index in [1.165, 1.54) is 12.2 Å². The zero-order valence-electron chi connectivity index (χ0n) is 17.7. The van der Waals surface area contributed by atoms with Crippen molar-refractivity contribution >= 4 is 23.4 Å². The Labute approximate surface area is 182 Å². The van der Waals surface area contributed by atoms with Crippen LogP contribution in [0.2, 0.25) is 0 Å². The van der Waals surface area contributed by atoms with Gasteiger partial charge in [0.15, 0.2) is 5.78 Å². The van der Waals surface area contributed by atoms with Gasteiger partial charge in [0.2, 0.25) is 5.91 Å². The Morgan fingerprint density at radius 2 is 1.84 bits per heavy atom. The Morgan fingerprint density at radius 3 is 2.61 bits per heavy atom. The molecule has 2 aromatic rings. The molecule has 3 amide bonds. The Hall–Kier alpha value is -3.41. The molecule has 0 radical (unpaired) electrons. The van der Waals surface area contributed by atoms with Crippen molar-refractivity contribution in [2.24, 2.45) is 0 Å². The van der Waals surface area contributed by atoms with E-state index in [2.05, 4.69) is 5.32 Å². The highest BCUT2D eigenvalue weighted by atomic mass is 16.2. The fourth-order valence-corrected chi connectivity index (χ4v) is 4.21. The third-order valence-corrected chi connectivity index (χ3v) is 6.07. The number of hydrogen-bond donors (Lipinski definition) is 1. The molecule has 0 saturated carbocycles. The van der Waals surface area contributed by atoms with Crippen molar-refractivity contribution in [3.05, 3.63) is 77.4 Å². The highest BCUT2D eigenvalue weighted by Gasteiger charge is 2.32. The van der Waals surface area contributed by atoms with Crippen molar-refractivity contribution < 1.29 is 14.4 Å². The number of benzene rings is 2. The molecule has 2 aliphatic heterocycles. The molecule has 1 fully saturated rings. The van der Waals surface area contributed by atoms with Crippen molar-refractivity contribution in [1.82, 2.24) is 9.80 Å². The van der Waals surface area contributed by atoms with Crippen molar-refractivity contribution in [1.29, 1.82) is 0 Å². The van der Waals surface area contributed by atoms with E-state index in [-0.39, 0.29) is 23.8 Å². The SMILES string of the molecule is CCc1cccc(C(=O)C=CC(=O)N2CCC(N3Cc4ccccc4NC3=O)CC2)c1. The topological polar surface area (TPSA) is 69.7 Å². The number of carbonyl (C=O) groups excluding carboxylic acids is 3. The number of allylic oxidation sites excluding steroid dienone is 1. The second-order valence-electron chi connectivity index (χ2n) is 8.02. The molecule has 0 aromatic heterocycles. The summed E-state index contributed by atoms with van der Waals surface area (Å²) in [5.74, 6) is -0.325. The Bertz CT molecular complexity index is 1020. The number of fused-ring (bicyclic) bond motifs is 1. The van der Waals surface area contributed by atoms with Gasteiger partial charge in [-0.1, -0.05) is 43.3 Å². The maximum atomic E-state index is 12.6. The van der Waals surface area contributed by atoms with E-state index in [1.807, 2.05) is 54.3 Å². The minimum atomic E-state index is -0.165. The normalized spacial score (nSPS) is 16.9. The van der Waals surface area contributed by atoms with Crippen LogP contribution in [0.5, 0.6) is 0 Å². The van der Waals surface area contributed by atoms with Gasteiger partial charge < -0.3 is 15.1 Å². The van der Waals surface area contributed by atoms with Crippen LogP contribution in [0.3, 0.4) is 0 Å². The number of likely N-dealkylation sites (tertiary alicyclic amines) is 1. The van der Waals surface area contributed by atoms with Gasteiger partial charge in [-0.05, 0) is 48.6 Å². The van der Waals surface area contributed by atoms with Crippen molar-refractivity contribution in [2.75, 3.05) is 18.4 Å². The number of hydrogen-bond acceptors (Lipinski definition) is 3. The summed E-state index contributed by atoms with van der Waals surface area (Å²) in [6.07, 6.45) is 5.03. The first-order valence-corrected chi connectivity index (χ1v) is 10.8. The standard InChI is InChI=1S/C25H27N3O3/c1-2-18-6-5-8-19(16-18)23(29)10-11-24(30)27-14-12-21(13-15-27)28-17-20-7-3-4-9-22(20)26-25(28)31/h3-11,16,21H,2,12-15,17H2,1H3,(H,26,31). The number of nitrogens with one attached hydrogen (secondary N) is 1. The van der Waals surface area contributed by atoms with Crippen molar-refractivity contribution in [2.45, 2.75) is 38.8 Å². The minimum absolute atomic E-state index is 0.0803. The second-order valence-corrected chi connectivity index (χ2v) is 8.02. The quantitative estimate of drug-likeness (QED) is 0.590. The summed E-state index contributed by atoms with van der Waals surface area (Å²) in [6, 6.07) is 15.3. The first kappa shape index (κ1) is 20.8. The van der Waals surface area contributed by atoms with Crippen LogP contribution in [-0.4, -0.2) is 46.7 Å². The van der Waals surface area contributed by atoms with Gasteiger partial charge in [0.25, 0.3) is 0 Å². The van der Waals surface area contributed by atoms with Crippen LogP contribution in [0.4, 0.5) is 10.5 Å². The van der Waals surface area contributed by atoms with Crippen molar-refractivity contribution in [3.8, 4) is 0 Å². The molecule has 2 heterocycles. The molecule has 4 rings (SSSR count). The molecule has 160 valence electrons. The molecule has 0 unspecified atom stereocenters. The lowest BCUT2D eigenvalue weighted by atomic mass is 10.0. The number of para-hydroxylation sites is 1. The molecular formula is C25H27N3O3. The van der Waals surface area contributed by atoms with E-state index >= 15 is 0 Å². The average Bonchev–Trinajstić information content (AvgIpc) is 2.82. The number of anilines is 1. The van der Waals surface area contributed by atoms with Gasteiger partial charge in [-0.3, -0.25) is 9.59 Å². The lowest BCUT2D eigenvalue weighted by Crippen LogP contribution is -2.50. The number of amides is 3. The monoisotopic (exact) mass is 417 g/mol. The minimum Gasteiger partial charge on any atom is -0.339 e. The number of aryl methyl sites for hydroxylation is 1. The van der Waals surface area contributed by atoms with Gasteiger partial charge in [-0.25, -0.2) is 4.79 Å². The van der Waals surface area contributed by atoms with Crippen LogP contribution >= 0.6 is 0 Å². The predicted molar refractivity (Wildman–Crippen MR) is 120 cm³/mol. The zero-order chi connectivity index (χ0) is 21.8. The van der Waals surface area contributed by atoms with E-state index in [9.17, 15) is 14.4 Å². The summed E-state index contributed by atoms with van der Waals surface area (Å²) in [4.78, 5) is 41.1. The Kier molecular flexibility index (Phi) is 6.16. The number of nitrogens with zero attached hydrogens (tertiary/aromatic N) is 2. The summed E-state index contributed by atoms with van der Waals surface area (Å²) in [5, 5.41) is 2.96. The summed E-state index contributed by atoms with van der Waals surface area (Å²) in [6.45, 7) is 3.77. The molecule has 1 saturated heterocycles. The molecule has 0 spiro atoms. The summed E-state index contributed by atoms with van der Waals surface area (Å²) in [7, 11) is 0. The molecule has 31 heavy (non-hydrogen) atoms. The van der Waals surface area contributed by atoms with E-state index in [0.717, 1.165) is 36.1 Å². The molecule has 0 bridgehead atoms. The molecule has 6 nitrogen and oxygen atoms in total. The lowest BCUT2D eigenvalue weighted by Gasteiger charge is -2.40. The van der Waals surface area contributed by atoms with Gasteiger partial charge in [0.05, 0.1) is 0 Å². The van der Waals surface area contributed by atoms with Gasteiger partial charge >= 0.3 is 6.03 Å². The molecule has 0 aliphatic carbocycles. The number of urea groups is 1. The average molecular weight is 418 g/mol. The summed E-state index contributed by atoms with van der Waals surface area (Å²) < 4.78 is 0. The second kappa shape index (κ2) is 9.16. The molecular weight excluding hydrogens is 390 g/mol. The van der Waals surface area contributed by atoms with Crippen LogP contribution in [0.25, 0.3) is 0 Å². The molecule has 6 heteroatoms. The Morgan fingerprint density at radius 1 is 1.06 bits per heavy atom. The molecule has 0 atom stereocenters. The lowest BCUT2D eigenvalue weighted by molar-refractivity contribution is -0.127. The van der Waals surface area contributed by atoms with Gasteiger partial charge in [0, 0.05) is 43.0 Å². The molecule has 1 N–H and O–H groups in total. The van der Waals surface area contributed by atoms with Crippen LogP contribution in [-0.2, 0) is 17.8 Å². The largest absolute Gasteiger partial charge is 0.339 e. The highest BCUT2D eigenvalue weighted by molar-refractivity contribution is 6.07. The van der Waals surface area contributed by atoms with E-state index in [4.69, 9.17) is 0 Å².